The van der Waals surface area contributed by atoms with Crippen molar-refractivity contribution >= 4 is 34.6 Å². The van der Waals surface area contributed by atoms with E-state index < -0.39 is 0 Å². The van der Waals surface area contributed by atoms with E-state index in [0.717, 1.165) is 16.5 Å². The van der Waals surface area contributed by atoms with Crippen LogP contribution in [0.3, 0.4) is 0 Å². The fourth-order valence-corrected chi connectivity index (χ4v) is 2.54. The number of fused-ring (bicyclic) bond motifs is 1. The van der Waals surface area contributed by atoms with Crippen LogP contribution in [0, 0.1) is 6.92 Å². The van der Waals surface area contributed by atoms with Crippen molar-refractivity contribution in [2.24, 2.45) is 5.10 Å². The van der Waals surface area contributed by atoms with Crippen LogP contribution in [0.4, 0.5) is 0 Å². The lowest BCUT2D eigenvalue weighted by Gasteiger charge is -2.04. The van der Waals surface area contributed by atoms with Gasteiger partial charge >= 0.3 is 0 Å². The van der Waals surface area contributed by atoms with E-state index in [-0.39, 0.29) is 5.91 Å². The molecule has 126 valence electrons. The Kier molecular flexibility index (Phi) is 4.95. The smallest absolute Gasteiger partial charge is 0.271 e. The number of nitrogens with zero attached hydrogens (tertiary/aromatic N) is 2. The highest BCUT2D eigenvalue weighted by Crippen LogP contribution is 2.20. The monoisotopic (exact) mass is 353 g/mol. The number of carbonyl (C=O) groups is 1. The fraction of sp³-hybridized carbons (Fsp3) is 0.105. The molecule has 0 aliphatic carbocycles. The zero-order valence-electron chi connectivity index (χ0n) is 13.8. The minimum atomic E-state index is -0.337. The number of nitrogens with one attached hydrogen (secondary N) is 1. The molecular formula is C19H16ClN3O2. The number of amides is 1. The quantitative estimate of drug-likeness (QED) is 0.438. The average Bonchev–Trinajstić information content (AvgIpc) is 2.62. The van der Waals surface area contributed by atoms with Crippen molar-refractivity contribution in [2.75, 3.05) is 7.11 Å². The number of aromatic nitrogens is 1. The summed E-state index contributed by atoms with van der Waals surface area (Å²) in [6.45, 7) is 2.00. The van der Waals surface area contributed by atoms with Gasteiger partial charge in [-0.1, -0.05) is 29.8 Å². The largest absolute Gasteiger partial charge is 0.497 e. The van der Waals surface area contributed by atoms with Crippen LogP contribution < -0.4 is 10.2 Å². The molecule has 0 fully saturated rings. The molecule has 2 aromatic carbocycles. The van der Waals surface area contributed by atoms with Crippen LogP contribution in [-0.4, -0.2) is 24.2 Å². The van der Waals surface area contributed by atoms with Crippen molar-refractivity contribution in [1.82, 2.24) is 10.4 Å². The van der Waals surface area contributed by atoms with Crippen molar-refractivity contribution in [3.8, 4) is 5.75 Å². The molecule has 0 bridgehead atoms. The molecule has 25 heavy (non-hydrogen) atoms. The summed E-state index contributed by atoms with van der Waals surface area (Å²) in [6, 6.07) is 14.6. The number of carbonyl (C=O) groups excluding carboxylic acids is 1. The fourth-order valence-electron chi connectivity index (χ4n) is 2.35. The number of hydrogen-bond acceptors (Lipinski definition) is 4. The van der Waals surface area contributed by atoms with Crippen molar-refractivity contribution in [3.05, 3.63) is 70.4 Å². The van der Waals surface area contributed by atoms with Gasteiger partial charge in [0, 0.05) is 16.5 Å². The summed E-state index contributed by atoms with van der Waals surface area (Å²) in [6.07, 6.45) is 1.48. The number of aryl methyl sites for hydroxylation is 1. The molecule has 3 rings (SSSR count). The molecule has 0 saturated heterocycles. The third kappa shape index (κ3) is 3.95. The Morgan fingerprint density at radius 1 is 1.24 bits per heavy atom. The number of pyridine rings is 1. The molecule has 5 nitrogen and oxygen atoms in total. The van der Waals surface area contributed by atoms with Crippen LogP contribution >= 0.6 is 11.6 Å². The number of rotatable bonds is 4. The Hall–Kier alpha value is -2.92. The van der Waals surface area contributed by atoms with E-state index in [2.05, 4.69) is 15.5 Å². The molecule has 0 spiro atoms. The predicted octanol–water partition coefficient (Wildman–Crippen LogP) is 3.97. The van der Waals surface area contributed by atoms with Gasteiger partial charge in [0.15, 0.2) is 0 Å². The molecule has 1 amide bonds. The molecule has 0 aliphatic rings. The minimum absolute atomic E-state index is 0.331. The Balaban J connectivity index is 1.77. The van der Waals surface area contributed by atoms with Crippen molar-refractivity contribution < 1.29 is 9.53 Å². The molecule has 0 unspecified atom stereocenters. The first-order valence-electron chi connectivity index (χ1n) is 7.61. The van der Waals surface area contributed by atoms with Crippen LogP contribution in [0.2, 0.25) is 5.15 Å². The molecule has 1 heterocycles. The van der Waals surface area contributed by atoms with E-state index >= 15 is 0 Å². The lowest BCUT2D eigenvalue weighted by atomic mass is 10.1. The molecule has 0 radical (unpaired) electrons. The van der Waals surface area contributed by atoms with Gasteiger partial charge < -0.3 is 4.74 Å². The normalized spacial score (nSPS) is 11.0. The van der Waals surface area contributed by atoms with E-state index in [1.54, 1.807) is 31.4 Å². The maximum absolute atomic E-state index is 12.1. The molecular weight excluding hydrogens is 338 g/mol. The maximum Gasteiger partial charge on any atom is 0.271 e. The van der Waals surface area contributed by atoms with E-state index in [1.165, 1.54) is 6.21 Å². The summed E-state index contributed by atoms with van der Waals surface area (Å²) >= 11 is 6.20. The molecule has 1 aromatic heterocycles. The third-order valence-corrected chi connectivity index (χ3v) is 3.96. The highest BCUT2D eigenvalue weighted by Gasteiger charge is 2.06. The standard InChI is InChI=1S/C19H16ClN3O2/c1-12-6-7-13-9-15(18(20)22-17(13)8-12)11-21-23-19(24)14-4-3-5-16(10-14)25-2/h3-11H,1-2H3,(H,23,24)/b21-11-. The second-order valence-electron chi connectivity index (χ2n) is 5.50. The lowest BCUT2D eigenvalue weighted by Crippen LogP contribution is -2.17. The van der Waals surface area contributed by atoms with Gasteiger partial charge in [0.25, 0.3) is 5.91 Å². The summed E-state index contributed by atoms with van der Waals surface area (Å²) in [5.74, 6) is 0.268. The summed E-state index contributed by atoms with van der Waals surface area (Å²) in [4.78, 5) is 16.5. The molecule has 1 N–H and O–H groups in total. The zero-order valence-corrected chi connectivity index (χ0v) is 14.5. The molecule has 3 aromatic rings. The van der Waals surface area contributed by atoms with Crippen LogP contribution in [-0.2, 0) is 0 Å². The lowest BCUT2D eigenvalue weighted by molar-refractivity contribution is 0.0955. The van der Waals surface area contributed by atoms with Crippen LogP contribution in [0.15, 0.2) is 53.6 Å². The Bertz CT molecular complexity index is 970. The van der Waals surface area contributed by atoms with Crippen LogP contribution in [0.5, 0.6) is 5.75 Å². The van der Waals surface area contributed by atoms with Crippen molar-refractivity contribution in [1.29, 1.82) is 0 Å². The van der Waals surface area contributed by atoms with E-state index in [0.29, 0.717) is 22.0 Å². The van der Waals surface area contributed by atoms with Gasteiger partial charge in [-0.15, -0.1) is 0 Å². The topological polar surface area (TPSA) is 63.6 Å². The van der Waals surface area contributed by atoms with Crippen LogP contribution in [0.1, 0.15) is 21.5 Å². The summed E-state index contributed by atoms with van der Waals surface area (Å²) in [7, 11) is 1.55. The van der Waals surface area contributed by atoms with Crippen molar-refractivity contribution in [2.45, 2.75) is 6.92 Å². The first-order valence-corrected chi connectivity index (χ1v) is 7.99. The van der Waals surface area contributed by atoms with Crippen molar-refractivity contribution in [3.63, 3.8) is 0 Å². The van der Waals surface area contributed by atoms with E-state index in [9.17, 15) is 4.79 Å². The second kappa shape index (κ2) is 7.32. The first-order chi connectivity index (χ1) is 12.1. The SMILES string of the molecule is COc1cccc(C(=O)N/N=C\c2cc3ccc(C)cc3nc2Cl)c1. The van der Waals surface area contributed by atoms with Crippen LogP contribution in [0.25, 0.3) is 10.9 Å². The highest BCUT2D eigenvalue weighted by atomic mass is 35.5. The summed E-state index contributed by atoms with van der Waals surface area (Å²) in [5, 5.41) is 5.25. The average molecular weight is 354 g/mol. The summed E-state index contributed by atoms with van der Waals surface area (Å²) < 4.78 is 5.10. The summed E-state index contributed by atoms with van der Waals surface area (Å²) in [5.41, 5.74) is 5.49. The molecule has 0 aliphatic heterocycles. The maximum atomic E-state index is 12.1. The van der Waals surface area contributed by atoms with E-state index in [4.69, 9.17) is 16.3 Å². The number of halogens is 1. The Labute approximate surface area is 150 Å². The number of hydrazone groups is 1. The number of ether oxygens (including phenoxy) is 1. The zero-order chi connectivity index (χ0) is 17.8. The Morgan fingerprint density at radius 2 is 2.08 bits per heavy atom. The Morgan fingerprint density at radius 3 is 2.88 bits per heavy atom. The van der Waals surface area contributed by atoms with Gasteiger partial charge in [0.2, 0.25) is 0 Å². The number of benzene rings is 2. The van der Waals surface area contributed by atoms with Gasteiger partial charge in [-0.25, -0.2) is 10.4 Å². The minimum Gasteiger partial charge on any atom is -0.497 e. The molecule has 0 saturated carbocycles. The van der Waals surface area contributed by atoms with Gasteiger partial charge in [0.1, 0.15) is 10.9 Å². The molecule has 0 atom stereocenters. The van der Waals surface area contributed by atoms with Gasteiger partial charge in [0.05, 0.1) is 18.8 Å². The highest BCUT2D eigenvalue weighted by molar-refractivity contribution is 6.32. The van der Waals surface area contributed by atoms with E-state index in [1.807, 2.05) is 31.2 Å². The van der Waals surface area contributed by atoms with Gasteiger partial charge in [-0.3, -0.25) is 4.79 Å². The second-order valence-corrected chi connectivity index (χ2v) is 5.85. The molecule has 6 heteroatoms. The number of hydrogen-bond donors (Lipinski definition) is 1. The third-order valence-electron chi connectivity index (χ3n) is 3.66. The van der Waals surface area contributed by atoms with Gasteiger partial charge in [-0.2, -0.15) is 5.10 Å². The number of methoxy groups -OCH3 is 1. The van der Waals surface area contributed by atoms with Gasteiger partial charge in [-0.05, 0) is 42.8 Å². The predicted molar refractivity (Wildman–Crippen MR) is 99.5 cm³/mol. The first kappa shape index (κ1) is 16.9.